The van der Waals surface area contributed by atoms with Crippen molar-refractivity contribution in [2.75, 3.05) is 11.4 Å². The van der Waals surface area contributed by atoms with Crippen LogP contribution in [0.25, 0.3) is 0 Å². The van der Waals surface area contributed by atoms with E-state index in [9.17, 15) is 18.3 Å². The van der Waals surface area contributed by atoms with Gasteiger partial charge in [-0.2, -0.15) is 0 Å². The Kier molecular flexibility index (Phi) is 3.96. The number of carboxylic acid groups (broad SMARTS) is 1. The molecule has 1 aliphatic rings. The van der Waals surface area contributed by atoms with Gasteiger partial charge < -0.3 is 14.6 Å². The Bertz CT molecular complexity index is 907. The molecule has 0 bridgehead atoms. The maximum atomic E-state index is 13.2. The first-order valence-electron chi connectivity index (χ1n) is 7.38. The SMILES string of the molecule is COc1ccc(C(=O)[O-])cc1S(=O)(=O)N1c2ccccc2C[C@@H]1C. The van der Waals surface area contributed by atoms with Gasteiger partial charge in [-0.25, -0.2) is 8.42 Å². The minimum absolute atomic E-state index is 0.0941. The van der Waals surface area contributed by atoms with Gasteiger partial charge in [-0.15, -0.1) is 0 Å². The van der Waals surface area contributed by atoms with Crippen LogP contribution in [-0.2, 0) is 16.4 Å². The maximum absolute atomic E-state index is 13.2. The molecular formula is C17H16NO5S-. The molecule has 3 rings (SSSR count). The van der Waals surface area contributed by atoms with Crippen LogP contribution in [-0.4, -0.2) is 27.5 Å². The highest BCUT2D eigenvalue weighted by molar-refractivity contribution is 7.93. The van der Waals surface area contributed by atoms with E-state index in [1.165, 1.54) is 23.5 Å². The van der Waals surface area contributed by atoms with E-state index in [0.717, 1.165) is 11.6 Å². The molecular weight excluding hydrogens is 330 g/mol. The van der Waals surface area contributed by atoms with Crippen LogP contribution in [0.4, 0.5) is 5.69 Å². The zero-order valence-corrected chi connectivity index (χ0v) is 14.0. The molecule has 7 heteroatoms. The first kappa shape index (κ1) is 16.3. The van der Waals surface area contributed by atoms with Crippen molar-refractivity contribution in [2.45, 2.75) is 24.3 Å². The van der Waals surface area contributed by atoms with Crippen molar-refractivity contribution in [1.82, 2.24) is 0 Å². The highest BCUT2D eigenvalue weighted by Crippen LogP contribution is 2.38. The molecule has 0 fully saturated rings. The zero-order valence-electron chi connectivity index (χ0n) is 13.2. The number of hydrogen-bond donors (Lipinski definition) is 0. The fraction of sp³-hybridized carbons (Fsp3) is 0.235. The quantitative estimate of drug-likeness (QED) is 0.830. The number of ether oxygens (including phenoxy) is 1. The van der Waals surface area contributed by atoms with E-state index < -0.39 is 16.0 Å². The number of carbonyl (C=O) groups excluding carboxylic acids is 1. The number of hydrogen-bond acceptors (Lipinski definition) is 5. The molecule has 1 aliphatic heterocycles. The van der Waals surface area contributed by atoms with Crippen molar-refractivity contribution in [1.29, 1.82) is 0 Å². The number of carboxylic acids is 1. The Balaban J connectivity index is 2.18. The number of nitrogens with zero attached hydrogens (tertiary/aromatic N) is 1. The number of aromatic carboxylic acids is 1. The van der Waals surface area contributed by atoms with Gasteiger partial charge in [-0.3, -0.25) is 4.31 Å². The third-order valence-corrected chi connectivity index (χ3v) is 6.03. The summed E-state index contributed by atoms with van der Waals surface area (Å²) in [4.78, 5) is 10.9. The first-order chi connectivity index (χ1) is 11.4. The summed E-state index contributed by atoms with van der Waals surface area (Å²) in [6, 6.07) is 10.6. The van der Waals surface area contributed by atoms with Gasteiger partial charge in [0.25, 0.3) is 10.0 Å². The summed E-state index contributed by atoms with van der Waals surface area (Å²) >= 11 is 0. The summed E-state index contributed by atoms with van der Waals surface area (Å²) in [6.07, 6.45) is 0.595. The summed E-state index contributed by atoms with van der Waals surface area (Å²) in [6.45, 7) is 1.81. The van der Waals surface area contributed by atoms with E-state index in [0.29, 0.717) is 12.1 Å². The van der Waals surface area contributed by atoms with E-state index in [-0.39, 0.29) is 22.3 Å². The minimum atomic E-state index is -3.98. The summed E-state index contributed by atoms with van der Waals surface area (Å²) in [5.74, 6) is -1.35. The van der Waals surface area contributed by atoms with Gasteiger partial charge in [0.2, 0.25) is 0 Å². The van der Waals surface area contributed by atoms with Gasteiger partial charge in [0.1, 0.15) is 10.6 Å². The lowest BCUT2D eigenvalue weighted by Gasteiger charge is -2.25. The van der Waals surface area contributed by atoms with Gasteiger partial charge in [0.05, 0.1) is 18.8 Å². The first-order valence-corrected chi connectivity index (χ1v) is 8.82. The van der Waals surface area contributed by atoms with E-state index >= 15 is 0 Å². The van der Waals surface area contributed by atoms with Crippen molar-refractivity contribution in [2.24, 2.45) is 0 Å². The molecule has 1 atom stereocenters. The van der Waals surface area contributed by atoms with Crippen LogP contribution in [0.2, 0.25) is 0 Å². The molecule has 0 amide bonds. The molecule has 0 saturated heterocycles. The molecule has 6 nitrogen and oxygen atoms in total. The average Bonchev–Trinajstić information content (AvgIpc) is 2.90. The molecule has 0 unspecified atom stereocenters. The highest BCUT2D eigenvalue weighted by Gasteiger charge is 2.37. The molecule has 2 aromatic carbocycles. The fourth-order valence-corrected chi connectivity index (χ4v) is 4.89. The second-order valence-corrected chi connectivity index (χ2v) is 7.42. The smallest absolute Gasteiger partial charge is 0.268 e. The lowest BCUT2D eigenvalue weighted by molar-refractivity contribution is -0.255. The topological polar surface area (TPSA) is 86.7 Å². The molecule has 0 saturated carbocycles. The van der Waals surface area contributed by atoms with Crippen molar-refractivity contribution < 1.29 is 23.1 Å². The van der Waals surface area contributed by atoms with Crippen molar-refractivity contribution >= 4 is 21.7 Å². The highest BCUT2D eigenvalue weighted by atomic mass is 32.2. The van der Waals surface area contributed by atoms with Crippen molar-refractivity contribution in [3.05, 3.63) is 53.6 Å². The van der Waals surface area contributed by atoms with Crippen LogP contribution in [0.1, 0.15) is 22.8 Å². The Labute approximate surface area is 140 Å². The number of rotatable bonds is 4. The molecule has 0 spiro atoms. The van der Waals surface area contributed by atoms with E-state index in [1.54, 1.807) is 12.1 Å². The van der Waals surface area contributed by atoms with E-state index in [1.807, 2.05) is 19.1 Å². The standard InChI is InChI=1S/C17H17NO5S/c1-11-9-12-5-3-4-6-14(12)18(11)24(21,22)16-10-13(17(19)20)7-8-15(16)23-2/h3-8,10-11H,9H2,1-2H3,(H,19,20)/p-1/t11-/m0/s1. The second-order valence-electron chi connectivity index (χ2n) is 5.64. The van der Waals surface area contributed by atoms with Crippen LogP contribution in [0, 0.1) is 0 Å². The molecule has 1 heterocycles. The third kappa shape index (κ3) is 2.50. The number of methoxy groups -OCH3 is 1. The lowest BCUT2D eigenvalue weighted by Crippen LogP contribution is -2.36. The monoisotopic (exact) mass is 346 g/mol. The Morgan fingerprint density at radius 3 is 2.62 bits per heavy atom. The van der Waals surface area contributed by atoms with Gasteiger partial charge in [0, 0.05) is 6.04 Å². The predicted molar refractivity (Wildman–Crippen MR) is 86.6 cm³/mol. The number of fused-ring (bicyclic) bond motifs is 1. The normalized spacial score (nSPS) is 16.8. The molecule has 2 aromatic rings. The van der Waals surface area contributed by atoms with Crippen LogP contribution >= 0.6 is 0 Å². The van der Waals surface area contributed by atoms with E-state index in [4.69, 9.17) is 4.74 Å². The third-order valence-electron chi connectivity index (χ3n) is 4.08. The molecule has 126 valence electrons. The van der Waals surface area contributed by atoms with Crippen LogP contribution in [0.15, 0.2) is 47.4 Å². The summed E-state index contributed by atoms with van der Waals surface area (Å²) in [5.41, 5.74) is 1.32. The van der Waals surface area contributed by atoms with Crippen molar-refractivity contribution in [3.63, 3.8) is 0 Å². The summed E-state index contributed by atoms with van der Waals surface area (Å²) in [5, 5.41) is 11.1. The Hall–Kier alpha value is -2.54. The molecule has 24 heavy (non-hydrogen) atoms. The molecule has 0 aromatic heterocycles. The minimum Gasteiger partial charge on any atom is -0.545 e. The lowest BCUT2D eigenvalue weighted by atomic mass is 10.1. The van der Waals surface area contributed by atoms with E-state index in [2.05, 4.69) is 0 Å². The number of carbonyl (C=O) groups is 1. The number of benzene rings is 2. The zero-order chi connectivity index (χ0) is 17.5. The van der Waals surface area contributed by atoms with Gasteiger partial charge in [-0.05, 0) is 48.7 Å². The molecule has 0 radical (unpaired) electrons. The predicted octanol–water partition coefficient (Wildman–Crippen LogP) is 1.20. The van der Waals surface area contributed by atoms with Gasteiger partial charge in [-0.1, -0.05) is 18.2 Å². The van der Waals surface area contributed by atoms with Crippen LogP contribution < -0.4 is 14.1 Å². The summed E-state index contributed by atoms with van der Waals surface area (Å²) in [7, 11) is -2.64. The number of para-hydroxylation sites is 1. The fourth-order valence-electron chi connectivity index (χ4n) is 3.01. The van der Waals surface area contributed by atoms with Crippen LogP contribution in [0.5, 0.6) is 5.75 Å². The second kappa shape index (κ2) is 5.83. The Morgan fingerprint density at radius 2 is 1.96 bits per heavy atom. The van der Waals surface area contributed by atoms with Crippen LogP contribution in [0.3, 0.4) is 0 Å². The van der Waals surface area contributed by atoms with Gasteiger partial charge in [0.15, 0.2) is 0 Å². The summed E-state index contributed by atoms with van der Waals surface area (Å²) < 4.78 is 32.8. The van der Waals surface area contributed by atoms with Gasteiger partial charge >= 0.3 is 0 Å². The molecule has 0 N–H and O–H groups in total. The average molecular weight is 346 g/mol. The number of anilines is 1. The largest absolute Gasteiger partial charge is 0.545 e. The maximum Gasteiger partial charge on any atom is 0.268 e. The Morgan fingerprint density at radius 1 is 1.25 bits per heavy atom. The number of sulfonamides is 1. The molecule has 0 aliphatic carbocycles. The van der Waals surface area contributed by atoms with Crippen molar-refractivity contribution in [3.8, 4) is 5.75 Å².